The Morgan fingerprint density at radius 2 is 1.37 bits per heavy atom. The summed E-state index contributed by atoms with van der Waals surface area (Å²) in [5.74, 6) is 0. The van der Waals surface area contributed by atoms with Crippen molar-refractivity contribution >= 4 is 56.1 Å². The first-order chi connectivity index (χ1) is 14.3. The lowest BCUT2D eigenvalue weighted by atomic mass is 9.78. The maximum atomic E-state index is 6.39. The van der Waals surface area contributed by atoms with Gasteiger partial charge in [0.05, 0.1) is 11.2 Å². The molecule has 1 aliphatic rings. The highest BCUT2D eigenvalue weighted by molar-refractivity contribution is 6.62. The summed E-state index contributed by atoms with van der Waals surface area (Å²) < 4.78 is 18.9. The Labute approximate surface area is 175 Å². The van der Waals surface area contributed by atoms with Crippen LogP contribution in [0.2, 0.25) is 0 Å². The van der Waals surface area contributed by atoms with Crippen molar-refractivity contribution in [3.05, 3.63) is 66.7 Å². The molecule has 4 aromatic carbocycles. The van der Waals surface area contributed by atoms with Crippen LogP contribution in [0.4, 0.5) is 0 Å². The summed E-state index contributed by atoms with van der Waals surface area (Å²) in [5, 5.41) is 6.99. The number of hydrogen-bond acceptors (Lipinski definition) is 3. The number of furan rings is 1. The quantitative estimate of drug-likeness (QED) is 0.251. The molecule has 0 saturated carbocycles. The lowest BCUT2D eigenvalue weighted by Gasteiger charge is -2.32. The lowest BCUT2D eigenvalue weighted by Crippen LogP contribution is -2.41. The van der Waals surface area contributed by atoms with E-state index in [1.54, 1.807) is 0 Å². The molecule has 0 bridgehead atoms. The average molecular weight is 394 g/mol. The van der Waals surface area contributed by atoms with Crippen LogP contribution in [-0.4, -0.2) is 18.3 Å². The van der Waals surface area contributed by atoms with E-state index < -0.39 is 0 Å². The third-order valence-corrected chi connectivity index (χ3v) is 6.89. The van der Waals surface area contributed by atoms with Crippen LogP contribution in [0.25, 0.3) is 43.5 Å². The van der Waals surface area contributed by atoms with E-state index in [1.165, 1.54) is 21.5 Å². The maximum Gasteiger partial charge on any atom is 0.494 e. The van der Waals surface area contributed by atoms with E-state index in [0.29, 0.717) is 0 Å². The standard InChI is InChI=1S/C26H23BO3/c1-25(2)26(3,4)30-27(29-25)18-12-14-22-21(15-18)20-13-11-17-10-9-16-7-5-6-8-19(16)23(17)24(20)28-22/h5-15H,1-4H3. The lowest BCUT2D eigenvalue weighted by molar-refractivity contribution is 0.00578. The molecule has 3 nitrogen and oxygen atoms in total. The fraction of sp³-hybridized carbons (Fsp3) is 0.231. The zero-order valence-corrected chi connectivity index (χ0v) is 17.7. The Kier molecular flexibility index (Phi) is 3.52. The number of benzene rings is 4. The third kappa shape index (κ3) is 2.41. The molecule has 0 amide bonds. The van der Waals surface area contributed by atoms with E-state index in [1.807, 2.05) is 12.1 Å². The van der Waals surface area contributed by atoms with E-state index in [4.69, 9.17) is 13.7 Å². The van der Waals surface area contributed by atoms with Gasteiger partial charge in [-0.25, -0.2) is 0 Å². The molecular formula is C26H23BO3. The van der Waals surface area contributed by atoms with Crippen molar-refractivity contribution in [2.45, 2.75) is 38.9 Å². The van der Waals surface area contributed by atoms with Crippen molar-refractivity contribution in [1.29, 1.82) is 0 Å². The summed E-state index contributed by atoms with van der Waals surface area (Å²) in [6, 6.07) is 23.4. The van der Waals surface area contributed by atoms with Crippen LogP contribution in [0.15, 0.2) is 71.1 Å². The van der Waals surface area contributed by atoms with E-state index in [9.17, 15) is 0 Å². The Hall–Kier alpha value is -2.82. The molecule has 1 aliphatic heterocycles. The van der Waals surface area contributed by atoms with Gasteiger partial charge >= 0.3 is 7.12 Å². The summed E-state index contributed by atoms with van der Waals surface area (Å²) in [6.45, 7) is 8.32. The predicted molar refractivity (Wildman–Crippen MR) is 124 cm³/mol. The summed E-state index contributed by atoms with van der Waals surface area (Å²) in [5.41, 5.74) is 2.11. The van der Waals surface area contributed by atoms with Crippen LogP contribution in [0.3, 0.4) is 0 Å². The van der Waals surface area contributed by atoms with Gasteiger partial charge in [0.1, 0.15) is 11.2 Å². The molecule has 0 atom stereocenters. The van der Waals surface area contributed by atoms with Crippen molar-refractivity contribution in [3.8, 4) is 0 Å². The minimum Gasteiger partial charge on any atom is -0.455 e. The highest BCUT2D eigenvalue weighted by Gasteiger charge is 2.51. The SMILES string of the molecule is CC1(C)OB(c2ccc3oc4c(ccc5ccc6ccccc6c54)c3c2)OC1(C)C. The van der Waals surface area contributed by atoms with Crippen LogP contribution in [0.1, 0.15) is 27.7 Å². The predicted octanol–water partition coefficient (Wildman–Crippen LogP) is 6.19. The van der Waals surface area contributed by atoms with Gasteiger partial charge in [-0.05, 0) is 61.4 Å². The van der Waals surface area contributed by atoms with Crippen LogP contribution < -0.4 is 5.46 Å². The molecule has 0 spiro atoms. The molecular weight excluding hydrogens is 371 g/mol. The van der Waals surface area contributed by atoms with Crippen LogP contribution in [-0.2, 0) is 9.31 Å². The first kappa shape index (κ1) is 18.0. The Morgan fingerprint density at radius 3 is 2.17 bits per heavy atom. The van der Waals surface area contributed by atoms with E-state index in [2.05, 4.69) is 82.3 Å². The van der Waals surface area contributed by atoms with Crippen molar-refractivity contribution in [3.63, 3.8) is 0 Å². The van der Waals surface area contributed by atoms with Gasteiger partial charge in [-0.2, -0.15) is 0 Å². The molecule has 1 fully saturated rings. The van der Waals surface area contributed by atoms with Crippen LogP contribution in [0, 0.1) is 0 Å². The smallest absolute Gasteiger partial charge is 0.455 e. The van der Waals surface area contributed by atoms with Crippen LogP contribution in [0.5, 0.6) is 0 Å². The van der Waals surface area contributed by atoms with Crippen molar-refractivity contribution < 1.29 is 13.7 Å². The van der Waals surface area contributed by atoms with Gasteiger partial charge < -0.3 is 13.7 Å². The van der Waals surface area contributed by atoms with Gasteiger partial charge in [-0.15, -0.1) is 0 Å². The van der Waals surface area contributed by atoms with Crippen molar-refractivity contribution in [2.24, 2.45) is 0 Å². The highest BCUT2D eigenvalue weighted by Crippen LogP contribution is 2.39. The Bertz CT molecular complexity index is 1450. The monoisotopic (exact) mass is 394 g/mol. The zero-order valence-electron chi connectivity index (χ0n) is 17.7. The summed E-state index contributed by atoms with van der Waals surface area (Å²) in [7, 11) is -0.384. The molecule has 1 saturated heterocycles. The Balaban J connectivity index is 1.59. The van der Waals surface area contributed by atoms with Gasteiger partial charge in [0.2, 0.25) is 0 Å². The van der Waals surface area contributed by atoms with Crippen molar-refractivity contribution in [2.75, 3.05) is 0 Å². The summed E-state index contributed by atoms with van der Waals surface area (Å²) >= 11 is 0. The molecule has 148 valence electrons. The molecule has 0 aliphatic carbocycles. The molecule has 0 radical (unpaired) electrons. The maximum absolute atomic E-state index is 6.39. The van der Waals surface area contributed by atoms with Crippen molar-refractivity contribution in [1.82, 2.24) is 0 Å². The number of rotatable bonds is 1. The minimum atomic E-state index is -0.384. The molecule has 6 rings (SSSR count). The first-order valence-corrected chi connectivity index (χ1v) is 10.5. The average Bonchev–Trinajstić information content (AvgIpc) is 3.20. The van der Waals surface area contributed by atoms with E-state index >= 15 is 0 Å². The number of fused-ring (bicyclic) bond motifs is 7. The zero-order chi connectivity index (χ0) is 20.7. The molecule has 0 unspecified atom stereocenters. The fourth-order valence-electron chi connectivity index (χ4n) is 4.47. The van der Waals surface area contributed by atoms with Gasteiger partial charge in [-0.3, -0.25) is 0 Å². The normalized spacial score (nSPS) is 18.2. The molecule has 4 heteroatoms. The second kappa shape index (κ2) is 5.87. The van der Waals surface area contributed by atoms with Gasteiger partial charge in [0.25, 0.3) is 0 Å². The summed E-state index contributed by atoms with van der Waals surface area (Å²) in [6.07, 6.45) is 0. The topological polar surface area (TPSA) is 31.6 Å². The third-order valence-electron chi connectivity index (χ3n) is 6.89. The second-order valence-corrected chi connectivity index (χ2v) is 9.27. The molecule has 5 aromatic rings. The van der Waals surface area contributed by atoms with E-state index in [-0.39, 0.29) is 18.3 Å². The largest absolute Gasteiger partial charge is 0.494 e. The van der Waals surface area contributed by atoms with E-state index in [0.717, 1.165) is 27.4 Å². The Morgan fingerprint density at radius 1 is 0.667 bits per heavy atom. The molecule has 30 heavy (non-hydrogen) atoms. The molecule has 2 heterocycles. The minimum absolute atomic E-state index is 0.361. The van der Waals surface area contributed by atoms with Gasteiger partial charge in [0.15, 0.2) is 0 Å². The summed E-state index contributed by atoms with van der Waals surface area (Å²) in [4.78, 5) is 0. The van der Waals surface area contributed by atoms with Crippen LogP contribution >= 0.6 is 0 Å². The number of hydrogen-bond donors (Lipinski definition) is 0. The first-order valence-electron chi connectivity index (χ1n) is 10.5. The fourth-order valence-corrected chi connectivity index (χ4v) is 4.47. The molecule has 1 aromatic heterocycles. The second-order valence-electron chi connectivity index (χ2n) is 9.27. The van der Waals surface area contributed by atoms with Gasteiger partial charge in [0, 0.05) is 16.2 Å². The molecule has 0 N–H and O–H groups in total. The van der Waals surface area contributed by atoms with Gasteiger partial charge in [-0.1, -0.05) is 54.6 Å². The highest BCUT2D eigenvalue weighted by atomic mass is 16.7.